The summed E-state index contributed by atoms with van der Waals surface area (Å²) >= 11 is 0. The Hall–Kier alpha value is -3.85. The normalized spacial score (nSPS) is 11.9. The van der Waals surface area contributed by atoms with Crippen LogP contribution in [0.3, 0.4) is 0 Å². The molecule has 0 saturated carbocycles. The summed E-state index contributed by atoms with van der Waals surface area (Å²) in [5, 5.41) is 2.63. The van der Waals surface area contributed by atoms with Crippen molar-refractivity contribution in [2.75, 3.05) is 25.0 Å². The molecule has 3 rings (SSSR count). The van der Waals surface area contributed by atoms with E-state index in [1.54, 1.807) is 49.6 Å². The smallest absolute Gasteiger partial charge is 0.264 e. The minimum absolute atomic E-state index is 0.0842. The number of sulfonamides is 1. The van der Waals surface area contributed by atoms with E-state index in [0.717, 1.165) is 26.6 Å². The maximum atomic E-state index is 14.0. The van der Waals surface area contributed by atoms with Crippen molar-refractivity contribution < 1.29 is 22.7 Å². The standard InChI is InChI=1S/C30H37N3O5S/c1-7-27(30(35)31-5)32(19-24-11-13-25(38-6)14-12-24)29(34)20-33(28-17-10-22(3)18-23(28)4)39(36,37)26-15-8-21(2)9-16-26/h8-18,27H,7,19-20H2,1-6H3,(H,31,35)/t27-/m0/s1. The number of amides is 2. The van der Waals surface area contributed by atoms with Crippen LogP contribution in [0.4, 0.5) is 5.69 Å². The quantitative estimate of drug-likeness (QED) is 0.382. The highest BCUT2D eigenvalue weighted by molar-refractivity contribution is 7.92. The van der Waals surface area contributed by atoms with E-state index in [4.69, 9.17) is 4.74 Å². The fraction of sp³-hybridized carbons (Fsp3) is 0.333. The molecule has 0 aliphatic carbocycles. The van der Waals surface area contributed by atoms with Crippen LogP contribution in [0.25, 0.3) is 0 Å². The Morgan fingerprint density at radius 1 is 0.923 bits per heavy atom. The number of likely N-dealkylation sites (N-methyl/N-ethyl adjacent to an activating group) is 1. The zero-order chi connectivity index (χ0) is 28.7. The molecule has 8 nitrogen and oxygen atoms in total. The molecule has 3 aromatic carbocycles. The average molecular weight is 552 g/mol. The Balaban J connectivity index is 2.08. The maximum absolute atomic E-state index is 14.0. The first kappa shape index (κ1) is 29.7. The summed E-state index contributed by atoms with van der Waals surface area (Å²) in [7, 11) is -1.02. The lowest BCUT2D eigenvalue weighted by Crippen LogP contribution is -2.51. The second kappa shape index (κ2) is 12.8. The second-order valence-corrected chi connectivity index (χ2v) is 11.4. The number of carbonyl (C=O) groups excluding carboxylic acids is 2. The number of rotatable bonds is 11. The van der Waals surface area contributed by atoms with Crippen LogP contribution in [0.15, 0.2) is 71.6 Å². The first-order chi connectivity index (χ1) is 18.5. The van der Waals surface area contributed by atoms with Gasteiger partial charge in [0.1, 0.15) is 18.3 Å². The first-order valence-electron chi connectivity index (χ1n) is 12.8. The molecule has 3 aromatic rings. The Kier molecular flexibility index (Phi) is 9.75. The molecule has 2 amide bonds. The Labute approximate surface area is 231 Å². The van der Waals surface area contributed by atoms with Gasteiger partial charge in [0.15, 0.2) is 0 Å². The third kappa shape index (κ3) is 6.97. The largest absolute Gasteiger partial charge is 0.497 e. The van der Waals surface area contributed by atoms with Crippen molar-refractivity contribution >= 4 is 27.5 Å². The van der Waals surface area contributed by atoms with Crippen LogP contribution in [0.1, 0.15) is 35.6 Å². The monoisotopic (exact) mass is 551 g/mol. The molecule has 0 aliphatic heterocycles. The molecule has 9 heteroatoms. The number of carbonyl (C=O) groups is 2. The fourth-order valence-electron chi connectivity index (χ4n) is 4.45. The number of ether oxygens (including phenoxy) is 1. The number of benzene rings is 3. The van der Waals surface area contributed by atoms with Gasteiger partial charge in [-0.15, -0.1) is 0 Å². The van der Waals surface area contributed by atoms with E-state index in [-0.39, 0.29) is 17.3 Å². The summed E-state index contributed by atoms with van der Waals surface area (Å²) in [6.45, 7) is 7.09. The van der Waals surface area contributed by atoms with Gasteiger partial charge >= 0.3 is 0 Å². The van der Waals surface area contributed by atoms with Gasteiger partial charge in [-0.3, -0.25) is 13.9 Å². The average Bonchev–Trinajstić information content (AvgIpc) is 2.92. The fourth-order valence-corrected chi connectivity index (χ4v) is 5.93. The number of anilines is 1. The number of hydrogen-bond donors (Lipinski definition) is 1. The summed E-state index contributed by atoms with van der Waals surface area (Å²) in [6, 6.07) is 18.4. The van der Waals surface area contributed by atoms with Gasteiger partial charge in [0.2, 0.25) is 11.8 Å². The minimum Gasteiger partial charge on any atom is -0.497 e. The summed E-state index contributed by atoms with van der Waals surface area (Å²) in [6.07, 6.45) is 0.357. The van der Waals surface area contributed by atoms with Crippen LogP contribution in [0.5, 0.6) is 5.75 Å². The zero-order valence-electron chi connectivity index (χ0n) is 23.4. The van der Waals surface area contributed by atoms with Crippen LogP contribution in [-0.4, -0.2) is 51.9 Å². The van der Waals surface area contributed by atoms with Gasteiger partial charge in [0, 0.05) is 13.6 Å². The van der Waals surface area contributed by atoms with Crippen molar-refractivity contribution in [3.05, 3.63) is 89.0 Å². The van der Waals surface area contributed by atoms with Gasteiger partial charge in [0.25, 0.3) is 10.0 Å². The van der Waals surface area contributed by atoms with Crippen molar-refractivity contribution in [3.8, 4) is 5.75 Å². The van der Waals surface area contributed by atoms with Gasteiger partial charge in [0.05, 0.1) is 17.7 Å². The van der Waals surface area contributed by atoms with Gasteiger partial charge in [-0.05, 0) is 68.7 Å². The lowest BCUT2D eigenvalue weighted by Gasteiger charge is -2.33. The summed E-state index contributed by atoms with van der Waals surface area (Å²) < 4.78 is 34.3. The summed E-state index contributed by atoms with van der Waals surface area (Å²) in [5.74, 6) is -0.143. The van der Waals surface area contributed by atoms with Crippen molar-refractivity contribution in [1.29, 1.82) is 0 Å². The van der Waals surface area contributed by atoms with Crippen molar-refractivity contribution in [3.63, 3.8) is 0 Å². The lowest BCUT2D eigenvalue weighted by molar-refractivity contribution is -0.140. The molecule has 39 heavy (non-hydrogen) atoms. The molecule has 0 radical (unpaired) electrons. The Morgan fingerprint density at radius 2 is 1.54 bits per heavy atom. The van der Waals surface area contributed by atoms with Gasteiger partial charge in [-0.1, -0.05) is 54.4 Å². The van der Waals surface area contributed by atoms with E-state index in [1.165, 1.54) is 11.9 Å². The lowest BCUT2D eigenvalue weighted by atomic mass is 10.1. The highest BCUT2D eigenvalue weighted by Gasteiger charge is 2.34. The molecular formula is C30H37N3O5S. The number of nitrogens with one attached hydrogen (secondary N) is 1. The van der Waals surface area contributed by atoms with E-state index < -0.39 is 28.5 Å². The molecular weight excluding hydrogens is 514 g/mol. The summed E-state index contributed by atoms with van der Waals surface area (Å²) in [4.78, 5) is 28.4. The third-order valence-electron chi connectivity index (χ3n) is 6.65. The van der Waals surface area contributed by atoms with Gasteiger partial charge in [-0.2, -0.15) is 0 Å². The molecule has 0 aromatic heterocycles. The molecule has 0 unspecified atom stereocenters. The number of aryl methyl sites for hydroxylation is 3. The van der Waals surface area contributed by atoms with E-state index in [0.29, 0.717) is 17.9 Å². The molecule has 0 fully saturated rings. The van der Waals surface area contributed by atoms with E-state index in [2.05, 4.69) is 5.32 Å². The number of methoxy groups -OCH3 is 1. The van der Waals surface area contributed by atoms with Crippen LogP contribution < -0.4 is 14.4 Å². The maximum Gasteiger partial charge on any atom is 0.264 e. The van der Waals surface area contributed by atoms with Gasteiger partial charge < -0.3 is 15.0 Å². The molecule has 0 aliphatic rings. The number of hydrogen-bond acceptors (Lipinski definition) is 5. The third-order valence-corrected chi connectivity index (χ3v) is 8.43. The molecule has 208 valence electrons. The van der Waals surface area contributed by atoms with Gasteiger partial charge in [-0.25, -0.2) is 8.42 Å². The Morgan fingerprint density at radius 3 is 2.08 bits per heavy atom. The van der Waals surface area contributed by atoms with Crippen molar-refractivity contribution in [2.45, 2.75) is 51.6 Å². The van der Waals surface area contributed by atoms with E-state index >= 15 is 0 Å². The number of nitrogens with zero attached hydrogens (tertiary/aromatic N) is 2. The molecule has 0 spiro atoms. The highest BCUT2D eigenvalue weighted by atomic mass is 32.2. The van der Waals surface area contributed by atoms with Crippen LogP contribution in [0, 0.1) is 20.8 Å². The molecule has 0 bridgehead atoms. The van der Waals surface area contributed by atoms with Crippen molar-refractivity contribution in [1.82, 2.24) is 10.2 Å². The molecule has 0 heterocycles. The van der Waals surface area contributed by atoms with E-state index in [1.807, 2.05) is 52.0 Å². The molecule has 1 atom stereocenters. The molecule has 0 saturated heterocycles. The van der Waals surface area contributed by atoms with E-state index in [9.17, 15) is 18.0 Å². The zero-order valence-corrected chi connectivity index (χ0v) is 24.2. The predicted molar refractivity (Wildman–Crippen MR) is 153 cm³/mol. The molecule has 1 N–H and O–H groups in total. The highest BCUT2D eigenvalue weighted by Crippen LogP contribution is 2.28. The van der Waals surface area contributed by atoms with Crippen molar-refractivity contribution in [2.24, 2.45) is 0 Å². The second-order valence-electron chi connectivity index (χ2n) is 9.52. The first-order valence-corrected chi connectivity index (χ1v) is 14.3. The van der Waals surface area contributed by atoms with Crippen LogP contribution in [-0.2, 0) is 26.2 Å². The predicted octanol–water partition coefficient (Wildman–Crippen LogP) is 4.37. The SMILES string of the molecule is CC[C@@H](C(=O)NC)N(Cc1ccc(OC)cc1)C(=O)CN(c1ccc(C)cc1C)S(=O)(=O)c1ccc(C)cc1. The van der Waals surface area contributed by atoms with Crippen LogP contribution >= 0.6 is 0 Å². The topological polar surface area (TPSA) is 96.0 Å². The minimum atomic E-state index is -4.11. The van der Waals surface area contributed by atoms with Crippen LogP contribution in [0.2, 0.25) is 0 Å². The summed E-state index contributed by atoms with van der Waals surface area (Å²) in [5.41, 5.74) is 3.81. The Bertz CT molecular complexity index is 1400.